The minimum atomic E-state index is -0.471. The highest BCUT2D eigenvalue weighted by atomic mass is 16.6. The van der Waals surface area contributed by atoms with Crippen LogP contribution in [0.1, 0.15) is 12.8 Å². The molecule has 56 valence electrons. The smallest absolute Gasteiger partial charge is 0.233 e. The van der Waals surface area contributed by atoms with E-state index in [4.69, 9.17) is 4.74 Å². The Bertz CT molecular complexity index is 149. The van der Waals surface area contributed by atoms with Gasteiger partial charge in [0.05, 0.1) is 11.0 Å². The summed E-state index contributed by atoms with van der Waals surface area (Å²) in [5.74, 6) is 0. The first-order valence-electron chi connectivity index (χ1n) is 3.22. The summed E-state index contributed by atoms with van der Waals surface area (Å²) < 4.78 is 5.11. The average Bonchev–Trinajstić information content (AvgIpc) is 2.34. The van der Waals surface area contributed by atoms with Gasteiger partial charge in [-0.3, -0.25) is 10.1 Å². The highest BCUT2D eigenvalue weighted by Gasteiger charge is 2.12. The third kappa shape index (κ3) is 2.14. The van der Waals surface area contributed by atoms with Gasteiger partial charge in [-0.25, -0.2) is 0 Å². The monoisotopic (exact) mass is 143 g/mol. The summed E-state index contributed by atoms with van der Waals surface area (Å²) in [7, 11) is 0. The van der Waals surface area contributed by atoms with Gasteiger partial charge in [-0.2, -0.15) is 0 Å². The number of ether oxygens (including phenoxy) is 1. The van der Waals surface area contributed by atoms with Crippen LogP contribution < -0.4 is 0 Å². The number of nitrogens with zero attached hydrogens (tertiary/aromatic N) is 1. The van der Waals surface area contributed by atoms with Crippen molar-refractivity contribution >= 4 is 0 Å². The van der Waals surface area contributed by atoms with Gasteiger partial charge >= 0.3 is 0 Å². The first-order chi connectivity index (χ1) is 4.79. The van der Waals surface area contributed by atoms with Crippen molar-refractivity contribution < 1.29 is 9.66 Å². The van der Waals surface area contributed by atoms with Crippen LogP contribution in [0.3, 0.4) is 0 Å². The Kier molecular flexibility index (Phi) is 2.39. The van der Waals surface area contributed by atoms with E-state index in [0.717, 1.165) is 25.6 Å². The van der Waals surface area contributed by atoms with Crippen molar-refractivity contribution in [1.29, 1.82) is 0 Å². The minimum absolute atomic E-state index is 0.0228. The molecule has 0 aliphatic carbocycles. The predicted octanol–water partition coefficient (Wildman–Crippen LogP) is 0.956. The number of rotatable bonds is 2. The lowest BCUT2D eigenvalue weighted by molar-refractivity contribution is -0.402. The number of hydrogen-bond acceptors (Lipinski definition) is 3. The topological polar surface area (TPSA) is 52.4 Å². The van der Waals surface area contributed by atoms with E-state index in [9.17, 15) is 10.1 Å². The van der Waals surface area contributed by atoms with Crippen LogP contribution in [0.4, 0.5) is 0 Å². The Labute approximate surface area is 58.6 Å². The Morgan fingerprint density at radius 1 is 1.70 bits per heavy atom. The van der Waals surface area contributed by atoms with Gasteiger partial charge in [0.2, 0.25) is 6.20 Å². The summed E-state index contributed by atoms with van der Waals surface area (Å²) in [6.07, 6.45) is 4.32. The fraction of sp³-hybridized carbons (Fsp3) is 0.667. The van der Waals surface area contributed by atoms with Crippen LogP contribution in [0.5, 0.6) is 0 Å². The molecule has 1 unspecified atom stereocenters. The lowest BCUT2D eigenvalue weighted by Gasteiger charge is -1.97. The van der Waals surface area contributed by atoms with Crippen LogP contribution in [0.2, 0.25) is 0 Å². The maximum Gasteiger partial charge on any atom is 0.233 e. The molecule has 0 N–H and O–H groups in total. The molecule has 0 aromatic rings. The summed E-state index contributed by atoms with van der Waals surface area (Å²) in [4.78, 5) is 9.35. The molecule has 0 amide bonds. The molecule has 4 nitrogen and oxygen atoms in total. The van der Waals surface area contributed by atoms with E-state index in [1.807, 2.05) is 0 Å². The van der Waals surface area contributed by atoms with Crippen LogP contribution in [-0.4, -0.2) is 17.6 Å². The van der Waals surface area contributed by atoms with Crippen LogP contribution in [0, 0.1) is 10.1 Å². The fourth-order valence-corrected chi connectivity index (χ4v) is 0.921. The molecule has 0 saturated carbocycles. The second-order valence-corrected chi connectivity index (χ2v) is 2.18. The van der Waals surface area contributed by atoms with E-state index in [2.05, 4.69) is 0 Å². The van der Waals surface area contributed by atoms with Gasteiger partial charge in [-0.1, -0.05) is 0 Å². The molecule has 0 aromatic carbocycles. The normalized spacial score (nSPS) is 25.8. The van der Waals surface area contributed by atoms with Crippen LogP contribution >= 0.6 is 0 Å². The largest absolute Gasteiger partial charge is 0.374 e. The Morgan fingerprint density at radius 2 is 2.50 bits per heavy atom. The molecule has 1 atom stereocenters. The first kappa shape index (κ1) is 7.21. The zero-order valence-corrected chi connectivity index (χ0v) is 5.53. The minimum Gasteiger partial charge on any atom is -0.374 e. The number of hydrogen-bond donors (Lipinski definition) is 0. The first-order valence-corrected chi connectivity index (χ1v) is 3.22. The van der Waals surface area contributed by atoms with Crippen molar-refractivity contribution in [3.8, 4) is 0 Å². The van der Waals surface area contributed by atoms with Gasteiger partial charge in [-0.05, 0) is 12.8 Å². The Hall–Kier alpha value is -0.900. The third-order valence-electron chi connectivity index (χ3n) is 1.39. The van der Waals surface area contributed by atoms with Crippen molar-refractivity contribution in [2.75, 3.05) is 6.61 Å². The van der Waals surface area contributed by atoms with E-state index in [-0.39, 0.29) is 6.10 Å². The summed E-state index contributed by atoms with van der Waals surface area (Å²) in [6.45, 7) is 0.729. The molecule has 1 fully saturated rings. The number of nitro groups is 1. The van der Waals surface area contributed by atoms with Crippen molar-refractivity contribution in [2.45, 2.75) is 18.9 Å². The summed E-state index contributed by atoms with van der Waals surface area (Å²) in [6, 6.07) is 0. The Balaban J connectivity index is 2.29. The third-order valence-corrected chi connectivity index (χ3v) is 1.39. The Morgan fingerprint density at radius 3 is 3.00 bits per heavy atom. The standard InChI is InChI=1S/C6H9NO3/c8-7(9)4-3-6-2-1-5-10-6/h3-4,6H,1-2,5H2. The molecule has 0 radical (unpaired) electrons. The van der Waals surface area contributed by atoms with Gasteiger partial charge in [-0.15, -0.1) is 0 Å². The maximum atomic E-state index is 9.82. The van der Waals surface area contributed by atoms with Gasteiger partial charge in [0.15, 0.2) is 0 Å². The quantitative estimate of drug-likeness (QED) is 0.427. The van der Waals surface area contributed by atoms with Gasteiger partial charge < -0.3 is 4.74 Å². The van der Waals surface area contributed by atoms with E-state index in [0.29, 0.717) is 0 Å². The van der Waals surface area contributed by atoms with Crippen LogP contribution in [0.25, 0.3) is 0 Å². The molecule has 0 aromatic heterocycles. The summed E-state index contributed by atoms with van der Waals surface area (Å²) >= 11 is 0. The van der Waals surface area contributed by atoms with Crippen LogP contribution in [0.15, 0.2) is 12.3 Å². The van der Waals surface area contributed by atoms with E-state index in [1.54, 1.807) is 0 Å². The lowest BCUT2D eigenvalue weighted by Crippen LogP contribution is -2.00. The summed E-state index contributed by atoms with van der Waals surface area (Å²) in [5.41, 5.74) is 0. The molecule has 1 heterocycles. The fourth-order valence-electron chi connectivity index (χ4n) is 0.921. The predicted molar refractivity (Wildman–Crippen MR) is 35.1 cm³/mol. The van der Waals surface area contributed by atoms with E-state index >= 15 is 0 Å². The molecule has 4 heteroatoms. The lowest BCUT2D eigenvalue weighted by atomic mass is 10.2. The zero-order chi connectivity index (χ0) is 7.40. The average molecular weight is 143 g/mol. The van der Waals surface area contributed by atoms with Gasteiger partial charge in [0.1, 0.15) is 0 Å². The van der Waals surface area contributed by atoms with E-state index in [1.165, 1.54) is 6.08 Å². The molecular formula is C6H9NO3. The summed E-state index contributed by atoms with van der Waals surface area (Å²) in [5, 5.41) is 9.82. The molecule has 1 aliphatic rings. The second-order valence-electron chi connectivity index (χ2n) is 2.18. The molecule has 0 spiro atoms. The van der Waals surface area contributed by atoms with Crippen molar-refractivity contribution in [3.63, 3.8) is 0 Å². The highest BCUT2D eigenvalue weighted by Crippen LogP contribution is 2.12. The van der Waals surface area contributed by atoms with E-state index < -0.39 is 4.92 Å². The van der Waals surface area contributed by atoms with Crippen molar-refractivity contribution in [3.05, 3.63) is 22.4 Å². The second kappa shape index (κ2) is 3.31. The molecule has 10 heavy (non-hydrogen) atoms. The molecular weight excluding hydrogens is 134 g/mol. The molecule has 1 aliphatic heterocycles. The molecule has 1 rings (SSSR count). The molecule has 0 bridgehead atoms. The van der Waals surface area contributed by atoms with Crippen molar-refractivity contribution in [2.24, 2.45) is 0 Å². The SMILES string of the molecule is O=[N+]([O-])C=CC1CCCO1. The van der Waals surface area contributed by atoms with Crippen LogP contribution in [-0.2, 0) is 4.74 Å². The van der Waals surface area contributed by atoms with Gasteiger partial charge in [0.25, 0.3) is 0 Å². The molecule has 1 saturated heterocycles. The zero-order valence-electron chi connectivity index (χ0n) is 5.53. The maximum absolute atomic E-state index is 9.82. The van der Waals surface area contributed by atoms with Crippen molar-refractivity contribution in [1.82, 2.24) is 0 Å². The highest BCUT2D eigenvalue weighted by molar-refractivity contribution is 4.86. The van der Waals surface area contributed by atoms with Gasteiger partial charge in [0, 0.05) is 12.7 Å².